The van der Waals surface area contributed by atoms with E-state index >= 15 is 0 Å². The van der Waals surface area contributed by atoms with Crippen LogP contribution in [0.2, 0.25) is 0 Å². The van der Waals surface area contributed by atoms with Gasteiger partial charge in [0.1, 0.15) is 10.8 Å². The Morgan fingerprint density at radius 3 is 2.95 bits per heavy atom. The SMILES string of the molecule is CCNc1nnc(Cn2c(C)nc3ccccc32)s1. The molecule has 0 aliphatic carbocycles. The maximum absolute atomic E-state index is 4.56. The fraction of sp³-hybridized carbons (Fsp3) is 0.308. The van der Waals surface area contributed by atoms with Crippen LogP contribution >= 0.6 is 11.3 Å². The molecule has 0 spiro atoms. The molecule has 19 heavy (non-hydrogen) atoms. The number of imidazole rings is 1. The minimum Gasteiger partial charge on any atom is -0.360 e. The van der Waals surface area contributed by atoms with Gasteiger partial charge in [0, 0.05) is 6.54 Å². The molecule has 0 bridgehead atoms. The number of aryl methyl sites for hydroxylation is 1. The van der Waals surface area contributed by atoms with Crippen LogP contribution in [0.3, 0.4) is 0 Å². The minimum absolute atomic E-state index is 0.718. The van der Waals surface area contributed by atoms with E-state index in [1.54, 1.807) is 11.3 Å². The maximum Gasteiger partial charge on any atom is 0.205 e. The van der Waals surface area contributed by atoms with Gasteiger partial charge in [-0.05, 0) is 26.0 Å². The highest BCUT2D eigenvalue weighted by molar-refractivity contribution is 7.15. The van der Waals surface area contributed by atoms with E-state index in [0.717, 1.165) is 40.1 Å². The van der Waals surface area contributed by atoms with Gasteiger partial charge in [-0.3, -0.25) is 0 Å². The molecule has 5 nitrogen and oxygen atoms in total. The lowest BCUT2D eigenvalue weighted by Gasteiger charge is -2.03. The van der Waals surface area contributed by atoms with Gasteiger partial charge in [0.05, 0.1) is 17.6 Å². The third kappa shape index (κ3) is 2.31. The third-order valence-electron chi connectivity index (χ3n) is 2.93. The number of nitrogens with zero attached hydrogens (tertiary/aromatic N) is 4. The topological polar surface area (TPSA) is 55.6 Å². The highest BCUT2D eigenvalue weighted by atomic mass is 32.1. The van der Waals surface area contributed by atoms with Crippen molar-refractivity contribution < 1.29 is 0 Å². The van der Waals surface area contributed by atoms with Crippen LogP contribution in [0.1, 0.15) is 17.8 Å². The number of hydrogen-bond donors (Lipinski definition) is 1. The first-order valence-electron chi connectivity index (χ1n) is 6.26. The number of rotatable bonds is 4. The van der Waals surface area contributed by atoms with Gasteiger partial charge in [0.15, 0.2) is 0 Å². The molecule has 0 radical (unpaired) electrons. The highest BCUT2D eigenvalue weighted by Crippen LogP contribution is 2.20. The van der Waals surface area contributed by atoms with Crippen molar-refractivity contribution >= 4 is 27.5 Å². The molecule has 0 aliphatic rings. The Labute approximate surface area is 115 Å². The van der Waals surface area contributed by atoms with Crippen LogP contribution < -0.4 is 5.32 Å². The fourth-order valence-corrected chi connectivity index (χ4v) is 2.87. The monoisotopic (exact) mass is 273 g/mol. The molecule has 2 heterocycles. The standard InChI is InChI=1S/C13H15N5S/c1-3-14-13-17-16-12(19-13)8-18-9(2)15-10-6-4-5-7-11(10)18/h4-7H,3,8H2,1-2H3,(H,14,17). The first kappa shape index (κ1) is 12.1. The molecule has 0 unspecified atom stereocenters. The lowest BCUT2D eigenvalue weighted by molar-refractivity contribution is 0.768. The van der Waals surface area contributed by atoms with Gasteiger partial charge in [0.25, 0.3) is 0 Å². The second-order valence-electron chi connectivity index (χ2n) is 4.27. The van der Waals surface area contributed by atoms with Gasteiger partial charge in [-0.15, -0.1) is 10.2 Å². The predicted molar refractivity (Wildman–Crippen MR) is 77.6 cm³/mol. The molecule has 0 saturated carbocycles. The average molecular weight is 273 g/mol. The zero-order chi connectivity index (χ0) is 13.2. The van der Waals surface area contributed by atoms with E-state index in [1.807, 2.05) is 25.1 Å². The molecular formula is C13H15N5S. The maximum atomic E-state index is 4.56. The summed E-state index contributed by atoms with van der Waals surface area (Å²) < 4.78 is 2.17. The molecule has 6 heteroatoms. The molecule has 2 aromatic heterocycles. The largest absolute Gasteiger partial charge is 0.360 e. The first-order chi connectivity index (χ1) is 9.28. The van der Waals surface area contributed by atoms with E-state index in [9.17, 15) is 0 Å². The average Bonchev–Trinajstić information content (AvgIpc) is 2.96. The quantitative estimate of drug-likeness (QED) is 0.794. The summed E-state index contributed by atoms with van der Waals surface area (Å²) in [6.45, 7) is 5.65. The van der Waals surface area contributed by atoms with Crippen LogP contribution in [0.25, 0.3) is 11.0 Å². The van der Waals surface area contributed by atoms with Crippen molar-refractivity contribution in [3.8, 4) is 0 Å². The lowest BCUT2D eigenvalue weighted by Crippen LogP contribution is -2.01. The molecular weight excluding hydrogens is 258 g/mol. The summed E-state index contributed by atoms with van der Waals surface area (Å²) in [5, 5.41) is 13.4. The summed E-state index contributed by atoms with van der Waals surface area (Å²) in [5.41, 5.74) is 2.16. The number of benzene rings is 1. The predicted octanol–water partition coefficient (Wildman–Crippen LogP) is 2.68. The van der Waals surface area contributed by atoms with E-state index in [-0.39, 0.29) is 0 Å². The van der Waals surface area contributed by atoms with Crippen LogP contribution in [0, 0.1) is 6.92 Å². The molecule has 98 valence electrons. The molecule has 1 aromatic carbocycles. The Bertz CT molecular complexity index is 700. The Morgan fingerprint density at radius 1 is 1.26 bits per heavy atom. The van der Waals surface area contributed by atoms with Crippen molar-refractivity contribution in [3.05, 3.63) is 35.1 Å². The first-order valence-corrected chi connectivity index (χ1v) is 7.07. The Hall–Kier alpha value is -1.95. The molecule has 0 atom stereocenters. The van der Waals surface area contributed by atoms with Gasteiger partial charge >= 0.3 is 0 Å². The smallest absolute Gasteiger partial charge is 0.205 e. The number of aromatic nitrogens is 4. The molecule has 0 fully saturated rings. The second kappa shape index (κ2) is 4.97. The van der Waals surface area contributed by atoms with Gasteiger partial charge in [-0.2, -0.15) is 0 Å². The van der Waals surface area contributed by atoms with E-state index in [4.69, 9.17) is 0 Å². The Morgan fingerprint density at radius 2 is 2.11 bits per heavy atom. The van der Waals surface area contributed by atoms with Crippen LogP contribution in [-0.4, -0.2) is 26.3 Å². The summed E-state index contributed by atoms with van der Waals surface area (Å²) in [5.74, 6) is 1.00. The Kier molecular flexibility index (Phi) is 3.16. The molecule has 1 N–H and O–H groups in total. The van der Waals surface area contributed by atoms with Crippen molar-refractivity contribution in [2.75, 3.05) is 11.9 Å². The van der Waals surface area contributed by atoms with Crippen molar-refractivity contribution in [2.45, 2.75) is 20.4 Å². The normalized spacial score (nSPS) is 11.1. The summed E-state index contributed by atoms with van der Waals surface area (Å²) in [6.07, 6.45) is 0. The van der Waals surface area contributed by atoms with Crippen LogP contribution in [-0.2, 0) is 6.54 Å². The van der Waals surface area contributed by atoms with Crippen molar-refractivity contribution in [1.82, 2.24) is 19.7 Å². The number of para-hydroxylation sites is 2. The van der Waals surface area contributed by atoms with Crippen LogP contribution in [0.5, 0.6) is 0 Å². The number of anilines is 1. The van der Waals surface area contributed by atoms with E-state index < -0.39 is 0 Å². The van der Waals surface area contributed by atoms with Gasteiger partial charge < -0.3 is 9.88 Å². The Balaban J connectivity index is 1.93. The van der Waals surface area contributed by atoms with Gasteiger partial charge in [-0.25, -0.2) is 4.98 Å². The molecule has 3 aromatic rings. The van der Waals surface area contributed by atoms with Crippen LogP contribution in [0.15, 0.2) is 24.3 Å². The number of fused-ring (bicyclic) bond motifs is 1. The van der Waals surface area contributed by atoms with Crippen molar-refractivity contribution in [2.24, 2.45) is 0 Å². The van der Waals surface area contributed by atoms with Crippen molar-refractivity contribution in [3.63, 3.8) is 0 Å². The van der Waals surface area contributed by atoms with E-state index in [1.165, 1.54) is 0 Å². The summed E-state index contributed by atoms with van der Waals surface area (Å²) in [4.78, 5) is 4.56. The van der Waals surface area contributed by atoms with E-state index in [2.05, 4.69) is 38.1 Å². The summed E-state index contributed by atoms with van der Waals surface area (Å²) in [7, 11) is 0. The fourth-order valence-electron chi connectivity index (χ4n) is 2.07. The zero-order valence-electron chi connectivity index (χ0n) is 10.9. The molecule has 0 aliphatic heterocycles. The molecule has 0 amide bonds. The van der Waals surface area contributed by atoms with Crippen molar-refractivity contribution in [1.29, 1.82) is 0 Å². The summed E-state index contributed by atoms with van der Waals surface area (Å²) >= 11 is 1.59. The van der Waals surface area contributed by atoms with E-state index in [0.29, 0.717) is 0 Å². The molecule has 0 saturated heterocycles. The lowest BCUT2D eigenvalue weighted by atomic mass is 10.3. The summed E-state index contributed by atoms with van der Waals surface area (Å²) in [6, 6.07) is 8.15. The van der Waals surface area contributed by atoms with Crippen LogP contribution in [0.4, 0.5) is 5.13 Å². The van der Waals surface area contributed by atoms with Gasteiger partial charge in [-0.1, -0.05) is 23.5 Å². The number of nitrogens with one attached hydrogen (secondary N) is 1. The zero-order valence-corrected chi connectivity index (χ0v) is 11.7. The second-order valence-corrected chi connectivity index (χ2v) is 5.33. The third-order valence-corrected chi connectivity index (χ3v) is 3.80. The highest BCUT2D eigenvalue weighted by Gasteiger charge is 2.10. The molecule has 3 rings (SSSR count). The number of hydrogen-bond acceptors (Lipinski definition) is 5. The minimum atomic E-state index is 0.718. The van der Waals surface area contributed by atoms with Gasteiger partial charge in [0.2, 0.25) is 5.13 Å².